The Kier molecular flexibility index (Phi) is 2.09. The Morgan fingerprint density at radius 3 is 3.08 bits per heavy atom. The molecule has 0 aromatic heterocycles. The van der Waals surface area contributed by atoms with Gasteiger partial charge in [-0.3, -0.25) is 0 Å². The molecule has 1 nitrogen and oxygen atoms in total. The van der Waals surface area contributed by atoms with Gasteiger partial charge in [-0.25, -0.2) is 4.39 Å². The molecule has 1 aliphatic rings. The lowest BCUT2D eigenvalue weighted by molar-refractivity contribution is 0.484. The van der Waals surface area contributed by atoms with Crippen molar-refractivity contribution in [2.24, 2.45) is 0 Å². The average molecular weight is 165 g/mol. The maximum Gasteiger partial charge on any atom is 0.115 e. The van der Waals surface area contributed by atoms with Gasteiger partial charge in [0.1, 0.15) is 6.67 Å². The predicted molar refractivity (Wildman–Crippen MR) is 46.7 cm³/mol. The summed E-state index contributed by atoms with van der Waals surface area (Å²) in [5.41, 5.74) is 3.42. The van der Waals surface area contributed by atoms with Crippen molar-refractivity contribution in [3.63, 3.8) is 0 Å². The third-order valence-electron chi connectivity index (χ3n) is 2.31. The molecule has 1 aromatic carbocycles. The van der Waals surface area contributed by atoms with Crippen LogP contribution < -0.4 is 5.32 Å². The molecule has 0 radical (unpaired) electrons. The summed E-state index contributed by atoms with van der Waals surface area (Å²) < 4.78 is 12.3. The fourth-order valence-corrected chi connectivity index (χ4v) is 1.62. The first-order chi connectivity index (χ1) is 5.90. The summed E-state index contributed by atoms with van der Waals surface area (Å²) in [5.74, 6) is 0. The Morgan fingerprint density at radius 2 is 2.25 bits per heavy atom. The van der Waals surface area contributed by atoms with E-state index in [0.29, 0.717) is 0 Å². The molecule has 1 aromatic rings. The van der Waals surface area contributed by atoms with Gasteiger partial charge in [-0.15, -0.1) is 0 Å². The molecule has 0 spiro atoms. The number of hydrogen-bond acceptors (Lipinski definition) is 1. The first kappa shape index (κ1) is 7.74. The van der Waals surface area contributed by atoms with E-state index in [2.05, 4.69) is 5.32 Å². The number of nitrogens with one attached hydrogen (secondary N) is 1. The second-order valence-electron chi connectivity index (χ2n) is 3.16. The highest BCUT2D eigenvalue weighted by molar-refractivity contribution is 5.33. The smallest absolute Gasteiger partial charge is 0.115 e. The first-order valence-corrected chi connectivity index (χ1v) is 4.27. The van der Waals surface area contributed by atoms with Crippen LogP contribution in [0.2, 0.25) is 0 Å². The number of fused-ring (bicyclic) bond motifs is 1. The van der Waals surface area contributed by atoms with Gasteiger partial charge in [0.15, 0.2) is 0 Å². The summed E-state index contributed by atoms with van der Waals surface area (Å²) in [6, 6.07) is 5.89. The van der Waals surface area contributed by atoms with Crippen LogP contribution in [0.1, 0.15) is 16.7 Å². The van der Waals surface area contributed by atoms with Gasteiger partial charge in [0.05, 0.1) is 0 Å². The Hall–Kier alpha value is -0.890. The standard InChI is InChI=1S/C10H12FN/c11-6-8-1-2-9-3-4-12-7-10(9)5-8/h1-2,5,12H,3-4,6-7H2. The molecule has 0 amide bonds. The maximum atomic E-state index is 12.3. The van der Waals surface area contributed by atoms with Gasteiger partial charge in [-0.2, -0.15) is 0 Å². The largest absolute Gasteiger partial charge is 0.312 e. The summed E-state index contributed by atoms with van der Waals surface area (Å²) in [7, 11) is 0. The van der Waals surface area contributed by atoms with Crippen LogP contribution in [0.5, 0.6) is 0 Å². The Labute approximate surface area is 71.6 Å². The van der Waals surface area contributed by atoms with E-state index in [1.54, 1.807) is 0 Å². The molecule has 0 saturated heterocycles. The van der Waals surface area contributed by atoms with Crippen molar-refractivity contribution in [1.82, 2.24) is 5.32 Å². The molecule has 1 aliphatic heterocycles. The molecular weight excluding hydrogens is 153 g/mol. The lowest BCUT2D eigenvalue weighted by Gasteiger charge is -2.17. The molecular formula is C10H12FN. The molecule has 0 saturated carbocycles. The van der Waals surface area contributed by atoms with E-state index >= 15 is 0 Å². The van der Waals surface area contributed by atoms with Crippen LogP contribution in [-0.2, 0) is 19.6 Å². The number of rotatable bonds is 1. The molecule has 64 valence electrons. The van der Waals surface area contributed by atoms with Gasteiger partial charge in [-0.1, -0.05) is 18.2 Å². The lowest BCUT2D eigenvalue weighted by atomic mass is 9.99. The van der Waals surface area contributed by atoms with Crippen molar-refractivity contribution in [3.05, 3.63) is 34.9 Å². The van der Waals surface area contributed by atoms with Gasteiger partial charge in [-0.05, 0) is 29.7 Å². The van der Waals surface area contributed by atoms with Gasteiger partial charge in [0, 0.05) is 6.54 Å². The molecule has 0 unspecified atom stereocenters. The number of halogens is 1. The predicted octanol–water partition coefficient (Wildman–Crippen LogP) is 1.80. The van der Waals surface area contributed by atoms with Crippen LogP contribution >= 0.6 is 0 Å². The summed E-state index contributed by atoms with van der Waals surface area (Å²) in [5, 5.41) is 3.27. The highest BCUT2D eigenvalue weighted by Gasteiger charge is 2.07. The van der Waals surface area contributed by atoms with Gasteiger partial charge >= 0.3 is 0 Å². The van der Waals surface area contributed by atoms with E-state index in [1.165, 1.54) is 11.1 Å². The number of benzene rings is 1. The monoisotopic (exact) mass is 165 g/mol. The second kappa shape index (κ2) is 3.23. The Morgan fingerprint density at radius 1 is 1.33 bits per heavy atom. The summed E-state index contributed by atoms with van der Waals surface area (Å²) in [6.07, 6.45) is 1.07. The first-order valence-electron chi connectivity index (χ1n) is 4.27. The molecule has 0 bridgehead atoms. The Bertz CT molecular complexity index is 283. The zero-order valence-corrected chi connectivity index (χ0v) is 6.94. The third-order valence-corrected chi connectivity index (χ3v) is 2.31. The molecule has 0 aliphatic carbocycles. The highest BCUT2D eigenvalue weighted by atomic mass is 19.1. The molecule has 1 heterocycles. The maximum absolute atomic E-state index is 12.3. The van der Waals surface area contributed by atoms with Crippen LogP contribution in [-0.4, -0.2) is 6.54 Å². The quantitative estimate of drug-likeness (QED) is 0.669. The van der Waals surface area contributed by atoms with Crippen molar-refractivity contribution >= 4 is 0 Å². The molecule has 0 atom stereocenters. The van der Waals surface area contributed by atoms with Gasteiger partial charge in [0.25, 0.3) is 0 Å². The normalized spacial score (nSPS) is 15.8. The van der Waals surface area contributed by atoms with Crippen LogP contribution in [0, 0.1) is 0 Å². The van der Waals surface area contributed by atoms with E-state index in [0.717, 1.165) is 25.1 Å². The lowest BCUT2D eigenvalue weighted by Crippen LogP contribution is -2.23. The van der Waals surface area contributed by atoms with Crippen LogP contribution in [0.4, 0.5) is 4.39 Å². The summed E-state index contributed by atoms with van der Waals surface area (Å²) >= 11 is 0. The molecule has 2 rings (SSSR count). The highest BCUT2D eigenvalue weighted by Crippen LogP contribution is 2.16. The third kappa shape index (κ3) is 1.34. The molecule has 1 N–H and O–H groups in total. The second-order valence-corrected chi connectivity index (χ2v) is 3.16. The molecule has 2 heteroatoms. The van der Waals surface area contributed by atoms with E-state index in [4.69, 9.17) is 0 Å². The zero-order valence-electron chi connectivity index (χ0n) is 6.94. The number of hydrogen-bond donors (Lipinski definition) is 1. The minimum atomic E-state index is -0.354. The SMILES string of the molecule is FCc1ccc2c(c1)CNCC2. The van der Waals surface area contributed by atoms with Gasteiger partial charge < -0.3 is 5.32 Å². The fourth-order valence-electron chi connectivity index (χ4n) is 1.62. The van der Waals surface area contributed by atoms with Crippen LogP contribution in [0.3, 0.4) is 0 Å². The average Bonchev–Trinajstić information content (AvgIpc) is 2.17. The molecule has 0 fully saturated rings. The zero-order chi connectivity index (χ0) is 8.39. The van der Waals surface area contributed by atoms with Crippen molar-refractivity contribution in [2.45, 2.75) is 19.6 Å². The minimum Gasteiger partial charge on any atom is -0.312 e. The van der Waals surface area contributed by atoms with E-state index in [-0.39, 0.29) is 6.67 Å². The van der Waals surface area contributed by atoms with Crippen molar-refractivity contribution in [2.75, 3.05) is 6.54 Å². The van der Waals surface area contributed by atoms with Crippen molar-refractivity contribution in [3.8, 4) is 0 Å². The molecule has 12 heavy (non-hydrogen) atoms. The minimum absolute atomic E-state index is 0.354. The topological polar surface area (TPSA) is 12.0 Å². The Balaban J connectivity index is 2.36. The van der Waals surface area contributed by atoms with E-state index in [9.17, 15) is 4.39 Å². The fraction of sp³-hybridized carbons (Fsp3) is 0.400. The van der Waals surface area contributed by atoms with E-state index < -0.39 is 0 Å². The van der Waals surface area contributed by atoms with Crippen molar-refractivity contribution < 1.29 is 4.39 Å². The van der Waals surface area contributed by atoms with Crippen LogP contribution in [0.25, 0.3) is 0 Å². The van der Waals surface area contributed by atoms with Crippen LogP contribution in [0.15, 0.2) is 18.2 Å². The summed E-state index contributed by atoms with van der Waals surface area (Å²) in [6.45, 7) is 1.58. The van der Waals surface area contributed by atoms with Crippen molar-refractivity contribution in [1.29, 1.82) is 0 Å². The van der Waals surface area contributed by atoms with E-state index in [1.807, 2.05) is 18.2 Å². The summed E-state index contributed by atoms with van der Waals surface area (Å²) in [4.78, 5) is 0. The van der Waals surface area contributed by atoms with Gasteiger partial charge in [0.2, 0.25) is 0 Å². The number of alkyl halides is 1.